The molecule has 2 aromatic rings. The summed E-state index contributed by atoms with van der Waals surface area (Å²) in [6.45, 7) is 9.74. The monoisotopic (exact) mass is 593 g/mol. The van der Waals surface area contributed by atoms with E-state index in [0.29, 0.717) is 0 Å². The van der Waals surface area contributed by atoms with Crippen LogP contribution in [0.1, 0.15) is 68.8 Å². The highest BCUT2D eigenvalue weighted by atomic mass is 32.2. The van der Waals surface area contributed by atoms with Gasteiger partial charge >= 0.3 is 0 Å². The van der Waals surface area contributed by atoms with Gasteiger partial charge in [0.15, 0.2) is 9.84 Å². The molecule has 2 fully saturated rings. The van der Waals surface area contributed by atoms with Crippen LogP contribution in [0.25, 0.3) is 0 Å². The lowest BCUT2D eigenvalue weighted by Gasteiger charge is -2.26. The number of hydrogen-bond donors (Lipinski definition) is 2. The maximum atomic E-state index is 12.7. The SMILES string of the molecule is CC.CCCCNC.COc1ccc(C2CC2C)cc1.O=C(NCC(=O)N1CCS(=O)(=O)CC1)c1ccc(F)cc1. The Labute approximate surface area is 246 Å². The van der Waals surface area contributed by atoms with Crippen molar-refractivity contribution in [1.29, 1.82) is 0 Å². The van der Waals surface area contributed by atoms with E-state index in [1.807, 2.05) is 33.0 Å². The summed E-state index contributed by atoms with van der Waals surface area (Å²) in [5.74, 6) is 1.29. The highest BCUT2D eigenvalue weighted by Gasteiger charge is 2.33. The van der Waals surface area contributed by atoms with Gasteiger partial charge in [0.25, 0.3) is 5.91 Å². The molecule has 1 saturated carbocycles. The number of halogens is 1. The van der Waals surface area contributed by atoms with Crippen LogP contribution in [0.15, 0.2) is 48.5 Å². The van der Waals surface area contributed by atoms with Crippen molar-refractivity contribution in [3.8, 4) is 5.75 Å². The molecule has 2 unspecified atom stereocenters. The fourth-order valence-corrected chi connectivity index (χ4v) is 5.13. The topological polar surface area (TPSA) is 105 Å². The predicted molar refractivity (Wildman–Crippen MR) is 164 cm³/mol. The zero-order valence-electron chi connectivity index (χ0n) is 25.4. The summed E-state index contributed by atoms with van der Waals surface area (Å²) < 4.78 is 40.3. The highest BCUT2D eigenvalue weighted by molar-refractivity contribution is 7.91. The minimum absolute atomic E-state index is 0.0509. The number of nitrogens with zero attached hydrogens (tertiary/aromatic N) is 1. The van der Waals surface area contributed by atoms with Crippen molar-refractivity contribution in [1.82, 2.24) is 15.5 Å². The van der Waals surface area contributed by atoms with E-state index in [9.17, 15) is 22.4 Å². The van der Waals surface area contributed by atoms with Gasteiger partial charge in [-0.3, -0.25) is 9.59 Å². The molecule has 1 heterocycles. The summed E-state index contributed by atoms with van der Waals surface area (Å²) in [4.78, 5) is 25.0. The van der Waals surface area contributed by atoms with E-state index in [0.717, 1.165) is 36.3 Å². The number of amides is 2. The van der Waals surface area contributed by atoms with Crippen molar-refractivity contribution in [3.05, 3.63) is 65.5 Å². The maximum Gasteiger partial charge on any atom is 0.251 e. The molecule has 0 aromatic heterocycles. The third-order valence-electron chi connectivity index (χ3n) is 6.64. The quantitative estimate of drug-likeness (QED) is 0.432. The first kappa shape index (κ1) is 36.0. The van der Waals surface area contributed by atoms with Crippen molar-refractivity contribution in [2.45, 2.75) is 52.9 Å². The Hall–Kier alpha value is -2.98. The van der Waals surface area contributed by atoms with Gasteiger partial charge in [-0.25, -0.2) is 12.8 Å². The molecule has 41 heavy (non-hydrogen) atoms. The molecule has 0 radical (unpaired) electrons. The first-order chi connectivity index (χ1) is 19.6. The second-order valence-corrected chi connectivity index (χ2v) is 12.1. The molecule has 1 aliphatic carbocycles. The van der Waals surface area contributed by atoms with Crippen LogP contribution < -0.4 is 15.4 Å². The van der Waals surface area contributed by atoms with E-state index < -0.39 is 21.6 Å². The van der Waals surface area contributed by atoms with Gasteiger partial charge in [0.05, 0.1) is 25.2 Å². The number of carbonyl (C=O) groups excluding carboxylic acids is 2. The zero-order chi connectivity index (χ0) is 30.8. The lowest BCUT2D eigenvalue weighted by molar-refractivity contribution is -0.129. The lowest BCUT2D eigenvalue weighted by atomic mass is 10.1. The summed E-state index contributed by atoms with van der Waals surface area (Å²) >= 11 is 0. The number of sulfone groups is 1. The fraction of sp³-hybridized carbons (Fsp3) is 0.548. The minimum Gasteiger partial charge on any atom is -0.497 e. The van der Waals surface area contributed by atoms with Crippen LogP contribution >= 0.6 is 0 Å². The average Bonchev–Trinajstić information content (AvgIpc) is 3.73. The molecule has 0 spiro atoms. The van der Waals surface area contributed by atoms with Gasteiger partial charge < -0.3 is 20.3 Å². The van der Waals surface area contributed by atoms with Crippen LogP contribution in [-0.2, 0) is 14.6 Å². The molecule has 0 bridgehead atoms. The van der Waals surface area contributed by atoms with Crippen LogP contribution in [-0.4, -0.2) is 77.0 Å². The zero-order valence-corrected chi connectivity index (χ0v) is 26.2. The van der Waals surface area contributed by atoms with E-state index in [4.69, 9.17) is 4.74 Å². The summed E-state index contributed by atoms with van der Waals surface area (Å²) in [5, 5.41) is 5.50. The van der Waals surface area contributed by atoms with Gasteiger partial charge in [0.1, 0.15) is 11.6 Å². The summed E-state index contributed by atoms with van der Waals surface area (Å²) in [7, 11) is 0.641. The van der Waals surface area contributed by atoms with Crippen molar-refractivity contribution in [2.75, 3.05) is 51.8 Å². The van der Waals surface area contributed by atoms with Gasteiger partial charge in [-0.15, -0.1) is 0 Å². The normalized spacial score (nSPS) is 18.2. The number of unbranched alkanes of at least 4 members (excludes halogenated alkanes) is 1. The molecule has 2 aromatic carbocycles. The number of hydrogen-bond acceptors (Lipinski definition) is 6. The minimum atomic E-state index is -3.04. The number of methoxy groups -OCH3 is 1. The standard InChI is InChI=1S/C13H15FN2O4S.C11H14O.C5H13N.C2H6/c14-11-3-1-10(2-4-11)13(18)15-9-12(17)16-5-7-21(19,20)8-6-16;1-8-7-11(8)9-3-5-10(12-2)6-4-9;1-3-4-5-6-2;1-2/h1-4H,5-9H2,(H,15,18);3-6,8,11H,7H2,1-2H3;6H,3-5H2,1-2H3;1-2H3. The Morgan fingerprint density at radius 3 is 2.02 bits per heavy atom. The average molecular weight is 594 g/mol. The summed E-state index contributed by atoms with van der Waals surface area (Å²) in [6.07, 6.45) is 3.95. The van der Waals surface area contributed by atoms with Crippen molar-refractivity contribution >= 4 is 21.7 Å². The van der Waals surface area contributed by atoms with Gasteiger partial charge in [-0.2, -0.15) is 0 Å². The third-order valence-corrected chi connectivity index (χ3v) is 8.25. The van der Waals surface area contributed by atoms with Gasteiger partial charge in [-0.05, 0) is 80.2 Å². The van der Waals surface area contributed by atoms with E-state index in [-0.39, 0.29) is 42.6 Å². The molecule has 1 saturated heterocycles. The maximum absolute atomic E-state index is 12.7. The van der Waals surface area contributed by atoms with E-state index in [1.54, 1.807) is 7.11 Å². The molecular formula is C31H48FN3O5S. The third kappa shape index (κ3) is 14.0. The first-order valence-corrected chi connectivity index (χ1v) is 16.2. The van der Waals surface area contributed by atoms with E-state index >= 15 is 0 Å². The van der Waals surface area contributed by atoms with Gasteiger partial charge in [0, 0.05) is 18.7 Å². The molecule has 8 nitrogen and oxygen atoms in total. The van der Waals surface area contributed by atoms with Crippen molar-refractivity contribution in [3.63, 3.8) is 0 Å². The van der Waals surface area contributed by atoms with Crippen molar-refractivity contribution < 1.29 is 27.1 Å². The number of benzene rings is 2. The van der Waals surface area contributed by atoms with Crippen LogP contribution in [0, 0.1) is 11.7 Å². The van der Waals surface area contributed by atoms with Gasteiger partial charge in [-0.1, -0.05) is 46.2 Å². The molecule has 2 atom stereocenters. The number of rotatable bonds is 8. The Balaban J connectivity index is 0.000000352. The van der Waals surface area contributed by atoms with E-state index in [1.165, 1.54) is 41.9 Å². The molecule has 2 N–H and O–H groups in total. The highest BCUT2D eigenvalue weighted by Crippen LogP contribution is 2.46. The predicted octanol–water partition coefficient (Wildman–Crippen LogP) is 4.66. The smallest absolute Gasteiger partial charge is 0.251 e. The number of ether oxygens (including phenoxy) is 1. The fourth-order valence-electron chi connectivity index (χ4n) is 3.92. The van der Waals surface area contributed by atoms with Crippen LogP contribution in [0.4, 0.5) is 4.39 Å². The Morgan fingerprint density at radius 2 is 1.59 bits per heavy atom. The van der Waals surface area contributed by atoms with Crippen LogP contribution in [0.2, 0.25) is 0 Å². The first-order valence-electron chi connectivity index (χ1n) is 14.4. The molecule has 10 heteroatoms. The second kappa shape index (κ2) is 19.2. The molecular weight excluding hydrogens is 545 g/mol. The van der Waals surface area contributed by atoms with Crippen LogP contribution in [0.3, 0.4) is 0 Å². The Bertz CT molecular complexity index is 1120. The Morgan fingerprint density at radius 1 is 1.02 bits per heavy atom. The molecule has 1 aliphatic heterocycles. The molecule has 2 aliphatic rings. The molecule has 230 valence electrons. The summed E-state index contributed by atoms with van der Waals surface area (Å²) in [5.41, 5.74) is 1.72. The Kier molecular flexibility index (Phi) is 16.9. The van der Waals surface area contributed by atoms with E-state index in [2.05, 4.69) is 36.6 Å². The molecule has 2 amide bonds. The largest absolute Gasteiger partial charge is 0.497 e. The number of nitrogens with one attached hydrogen (secondary N) is 2. The van der Waals surface area contributed by atoms with Gasteiger partial charge in [0.2, 0.25) is 5.91 Å². The van der Waals surface area contributed by atoms with Crippen LogP contribution in [0.5, 0.6) is 5.75 Å². The molecule has 4 rings (SSSR count). The lowest BCUT2D eigenvalue weighted by Crippen LogP contribution is -2.47. The van der Waals surface area contributed by atoms with Crippen molar-refractivity contribution in [2.24, 2.45) is 5.92 Å². The number of carbonyl (C=O) groups is 2. The summed E-state index contributed by atoms with van der Waals surface area (Å²) in [6, 6.07) is 13.4. The second-order valence-electron chi connectivity index (χ2n) is 9.77.